The molecule has 2 aromatic carbocycles. The van der Waals surface area contributed by atoms with E-state index in [0.717, 1.165) is 18.2 Å². The van der Waals surface area contributed by atoms with Crippen molar-refractivity contribution in [1.29, 1.82) is 0 Å². The van der Waals surface area contributed by atoms with E-state index in [-0.39, 0.29) is 11.1 Å². The first kappa shape index (κ1) is 17.0. The van der Waals surface area contributed by atoms with Crippen molar-refractivity contribution in [3.63, 3.8) is 0 Å². The lowest BCUT2D eigenvalue weighted by Crippen LogP contribution is -2.25. The number of halogens is 2. The molecule has 1 aliphatic carbocycles. The number of benzene rings is 2. The van der Waals surface area contributed by atoms with Gasteiger partial charge in [-0.3, -0.25) is 19.7 Å². The summed E-state index contributed by atoms with van der Waals surface area (Å²) < 4.78 is 36.6. The molecule has 0 saturated carbocycles. The number of rotatable bonds is 2. The average molecular weight is 385 g/mol. The van der Waals surface area contributed by atoms with Gasteiger partial charge in [-0.05, 0) is 18.2 Å². The fraction of sp³-hybridized carbons (Fsp3) is 0. The third-order valence-electron chi connectivity index (χ3n) is 3.69. The van der Waals surface area contributed by atoms with Crippen LogP contribution >= 0.6 is 10.7 Å². The summed E-state index contributed by atoms with van der Waals surface area (Å²) in [7, 11) is 0.683. The Balaban J connectivity index is 2.49. The molecule has 8 nitrogen and oxygen atoms in total. The fourth-order valence-corrected chi connectivity index (χ4v) is 3.64. The molecule has 0 atom stereocenters. The highest BCUT2D eigenvalue weighted by atomic mass is 35.7. The molecule has 0 unspecified atom stereocenters. The van der Waals surface area contributed by atoms with Crippen LogP contribution in [0.4, 0.5) is 15.8 Å². The van der Waals surface area contributed by atoms with Crippen LogP contribution in [-0.4, -0.2) is 24.9 Å². The van der Waals surface area contributed by atoms with Crippen molar-refractivity contribution in [3.05, 3.63) is 62.5 Å². The van der Waals surface area contributed by atoms with Crippen molar-refractivity contribution in [2.45, 2.75) is 4.90 Å². The first-order valence-corrected chi connectivity index (χ1v) is 8.79. The van der Waals surface area contributed by atoms with Gasteiger partial charge < -0.3 is 5.73 Å². The standard InChI is InChI=1S/C14H6ClFN2O6S/c15-25(23,24)9-4-8(18(21)22)10-11(12(9)17)13(19)6-2-1-5(16)3-7(6)14(10)20/h1-4H,17H2. The Labute approximate surface area is 143 Å². The van der Waals surface area contributed by atoms with E-state index in [1.165, 1.54) is 0 Å². The van der Waals surface area contributed by atoms with Gasteiger partial charge in [0.25, 0.3) is 14.7 Å². The SMILES string of the molecule is Nc1c(S(=O)(=O)Cl)cc([N+](=O)[O-])c2c1C(=O)c1ccc(F)cc1C2=O. The minimum absolute atomic E-state index is 0.246. The van der Waals surface area contributed by atoms with Gasteiger partial charge in [0.05, 0.1) is 16.2 Å². The Bertz CT molecular complexity index is 1110. The number of ketones is 2. The van der Waals surface area contributed by atoms with Crippen molar-refractivity contribution in [2.24, 2.45) is 0 Å². The third kappa shape index (κ3) is 2.46. The molecule has 0 fully saturated rings. The maximum Gasteiger partial charge on any atom is 0.282 e. The molecule has 0 heterocycles. The molecular formula is C14H6ClFN2O6S. The monoisotopic (exact) mass is 384 g/mol. The number of nitro benzene ring substituents is 1. The molecular weight excluding hydrogens is 379 g/mol. The topological polar surface area (TPSA) is 137 Å². The Kier molecular flexibility index (Phi) is 3.62. The summed E-state index contributed by atoms with van der Waals surface area (Å²) in [6.07, 6.45) is 0. The maximum atomic E-state index is 13.4. The second kappa shape index (κ2) is 5.33. The molecule has 0 radical (unpaired) electrons. The Hall–Kier alpha value is -2.85. The molecule has 25 heavy (non-hydrogen) atoms. The molecule has 0 aliphatic heterocycles. The summed E-state index contributed by atoms with van der Waals surface area (Å²) in [6.45, 7) is 0. The van der Waals surface area contributed by atoms with Gasteiger partial charge >= 0.3 is 0 Å². The third-order valence-corrected chi connectivity index (χ3v) is 5.05. The zero-order valence-corrected chi connectivity index (χ0v) is 13.5. The van der Waals surface area contributed by atoms with Gasteiger partial charge in [-0.15, -0.1) is 0 Å². The van der Waals surface area contributed by atoms with Crippen molar-refractivity contribution in [2.75, 3.05) is 5.73 Å². The van der Waals surface area contributed by atoms with Crippen LogP contribution in [0.25, 0.3) is 0 Å². The maximum absolute atomic E-state index is 13.4. The van der Waals surface area contributed by atoms with E-state index in [4.69, 9.17) is 16.4 Å². The van der Waals surface area contributed by atoms with E-state index in [1.54, 1.807) is 0 Å². The molecule has 128 valence electrons. The Morgan fingerprint density at radius 2 is 1.68 bits per heavy atom. The first-order valence-electron chi connectivity index (χ1n) is 6.48. The lowest BCUT2D eigenvalue weighted by molar-refractivity contribution is -0.385. The van der Waals surface area contributed by atoms with Crippen molar-refractivity contribution >= 4 is 42.7 Å². The molecule has 0 amide bonds. The Morgan fingerprint density at radius 1 is 1.08 bits per heavy atom. The number of hydrogen-bond donors (Lipinski definition) is 1. The van der Waals surface area contributed by atoms with Crippen LogP contribution < -0.4 is 5.73 Å². The lowest BCUT2D eigenvalue weighted by Gasteiger charge is -2.20. The highest BCUT2D eigenvalue weighted by Gasteiger charge is 2.40. The Morgan fingerprint density at radius 3 is 2.24 bits per heavy atom. The molecule has 0 bridgehead atoms. The van der Waals surface area contributed by atoms with E-state index in [2.05, 4.69) is 0 Å². The van der Waals surface area contributed by atoms with Gasteiger partial charge in [0.15, 0.2) is 5.78 Å². The predicted molar refractivity (Wildman–Crippen MR) is 83.8 cm³/mol. The van der Waals surface area contributed by atoms with Crippen molar-refractivity contribution < 1.29 is 27.3 Å². The van der Waals surface area contributed by atoms with Crippen molar-refractivity contribution in [3.8, 4) is 0 Å². The van der Waals surface area contributed by atoms with E-state index < -0.39 is 58.8 Å². The van der Waals surface area contributed by atoms with Crippen LogP contribution in [-0.2, 0) is 9.05 Å². The fourth-order valence-electron chi connectivity index (χ4n) is 2.64. The zero-order valence-electron chi connectivity index (χ0n) is 11.9. The van der Waals surface area contributed by atoms with Gasteiger partial charge in [-0.1, -0.05) is 0 Å². The lowest BCUT2D eigenvalue weighted by atomic mass is 9.82. The number of hydrogen-bond acceptors (Lipinski definition) is 7. The zero-order chi connectivity index (χ0) is 18.7. The molecule has 0 aromatic heterocycles. The van der Waals surface area contributed by atoms with Gasteiger partial charge in [0.2, 0.25) is 5.78 Å². The number of carbonyl (C=O) groups is 2. The van der Waals surface area contributed by atoms with E-state index in [0.29, 0.717) is 6.07 Å². The van der Waals surface area contributed by atoms with Crippen molar-refractivity contribution in [1.82, 2.24) is 0 Å². The summed E-state index contributed by atoms with van der Waals surface area (Å²) in [5.41, 5.74) is 2.07. The number of fused-ring (bicyclic) bond motifs is 2. The van der Waals surface area contributed by atoms with Gasteiger partial charge in [0, 0.05) is 27.9 Å². The number of nitro groups is 1. The number of anilines is 1. The van der Waals surface area contributed by atoms with Gasteiger partial charge in [-0.2, -0.15) is 0 Å². The largest absolute Gasteiger partial charge is 0.397 e. The summed E-state index contributed by atoms with van der Waals surface area (Å²) in [5, 5.41) is 11.3. The molecule has 0 spiro atoms. The minimum Gasteiger partial charge on any atom is -0.397 e. The van der Waals surface area contributed by atoms with Crippen LogP contribution in [0.2, 0.25) is 0 Å². The predicted octanol–water partition coefficient (Wildman–Crippen LogP) is 2.02. The number of nitrogens with zero attached hydrogens (tertiary/aromatic N) is 1. The van der Waals surface area contributed by atoms with E-state index in [1.807, 2.05) is 0 Å². The molecule has 3 rings (SSSR count). The van der Waals surface area contributed by atoms with Crippen LogP contribution in [0.3, 0.4) is 0 Å². The highest BCUT2D eigenvalue weighted by molar-refractivity contribution is 8.13. The second-order valence-corrected chi connectivity index (χ2v) is 7.63. The van der Waals surface area contributed by atoms with Crippen LogP contribution in [0.5, 0.6) is 0 Å². The molecule has 11 heteroatoms. The minimum atomic E-state index is -4.53. The first-order chi connectivity index (χ1) is 11.5. The second-order valence-electron chi connectivity index (χ2n) is 5.10. The molecule has 0 saturated heterocycles. The number of nitrogen functional groups attached to an aromatic ring is 1. The smallest absolute Gasteiger partial charge is 0.282 e. The highest BCUT2D eigenvalue weighted by Crippen LogP contribution is 2.40. The quantitative estimate of drug-likeness (QED) is 0.308. The molecule has 1 aliphatic rings. The summed E-state index contributed by atoms with van der Waals surface area (Å²) >= 11 is 0. The number of carbonyl (C=O) groups excluding carboxylic acids is 2. The van der Waals surface area contributed by atoms with E-state index >= 15 is 0 Å². The molecule has 2 aromatic rings. The van der Waals surface area contributed by atoms with Crippen LogP contribution in [0.1, 0.15) is 31.8 Å². The summed E-state index contributed by atoms with van der Waals surface area (Å²) in [4.78, 5) is 34.6. The normalized spacial score (nSPS) is 13.4. The number of nitrogens with two attached hydrogens (primary N) is 1. The van der Waals surface area contributed by atoms with Gasteiger partial charge in [-0.25, -0.2) is 12.8 Å². The average Bonchev–Trinajstić information content (AvgIpc) is 2.50. The summed E-state index contributed by atoms with van der Waals surface area (Å²) in [6, 6.07) is 3.21. The summed E-state index contributed by atoms with van der Waals surface area (Å²) in [5.74, 6) is -2.77. The van der Waals surface area contributed by atoms with Gasteiger partial charge in [0.1, 0.15) is 16.3 Å². The van der Waals surface area contributed by atoms with Crippen LogP contribution in [0.15, 0.2) is 29.2 Å². The van der Waals surface area contributed by atoms with E-state index in [9.17, 15) is 32.5 Å². The van der Waals surface area contributed by atoms with Crippen LogP contribution in [0, 0.1) is 15.9 Å². The molecule has 2 N–H and O–H groups in total.